The number of hydrogen-bond acceptors (Lipinski definition) is 5. The summed E-state index contributed by atoms with van der Waals surface area (Å²) < 4.78 is 12.5. The van der Waals surface area contributed by atoms with Crippen LogP contribution in [0.15, 0.2) is 53.6 Å². The second kappa shape index (κ2) is 9.30. The maximum Gasteiger partial charge on any atom is 0.309 e. The predicted molar refractivity (Wildman–Crippen MR) is 165 cm³/mol. The van der Waals surface area contributed by atoms with Gasteiger partial charge in [0, 0.05) is 17.3 Å². The molecule has 12 atom stereocenters. The average molecular weight is 587 g/mol. The van der Waals surface area contributed by atoms with Crippen LogP contribution in [0.5, 0.6) is 0 Å². The van der Waals surface area contributed by atoms with Gasteiger partial charge >= 0.3 is 5.97 Å². The normalized spacial score (nSPS) is 51.8. The molecule has 0 radical (unpaired) electrons. The van der Waals surface area contributed by atoms with Gasteiger partial charge in [0.1, 0.15) is 6.10 Å². The van der Waals surface area contributed by atoms with Gasteiger partial charge in [-0.05, 0) is 110 Å². The minimum Gasteiger partial charge on any atom is -0.458 e. The first-order valence-electron chi connectivity index (χ1n) is 17.1. The number of aliphatic hydroxyl groups excluding tert-OH is 2. The highest BCUT2D eigenvalue weighted by molar-refractivity contribution is 5.76. The quantitative estimate of drug-likeness (QED) is 0.295. The molecule has 8 rings (SSSR count). The van der Waals surface area contributed by atoms with E-state index in [9.17, 15) is 15.0 Å². The molecule has 5 nitrogen and oxygen atoms in total. The Labute approximate surface area is 257 Å². The first-order valence-corrected chi connectivity index (χ1v) is 17.1. The van der Waals surface area contributed by atoms with Gasteiger partial charge in [-0.1, -0.05) is 62.8 Å². The van der Waals surface area contributed by atoms with E-state index >= 15 is 0 Å². The molecule has 5 aliphatic carbocycles. The summed E-state index contributed by atoms with van der Waals surface area (Å²) in [6.45, 7) is 10.1. The number of allylic oxidation sites excluding steroid dienone is 1. The number of esters is 1. The summed E-state index contributed by atoms with van der Waals surface area (Å²) >= 11 is 0. The first-order chi connectivity index (χ1) is 20.5. The van der Waals surface area contributed by atoms with Crippen LogP contribution in [0.3, 0.4) is 0 Å². The molecule has 43 heavy (non-hydrogen) atoms. The van der Waals surface area contributed by atoms with E-state index in [-0.39, 0.29) is 63.9 Å². The highest BCUT2D eigenvalue weighted by atomic mass is 16.5. The van der Waals surface area contributed by atoms with Crippen LogP contribution in [0.4, 0.5) is 0 Å². The van der Waals surface area contributed by atoms with Gasteiger partial charge in [0.15, 0.2) is 0 Å². The molecule has 7 aliphatic rings. The van der Waals surface area contributed by atoms with Gasteiger partial charge in [0.05, 0.1) is 31.3 Å². The maximum atomic E-state index is 13.2. The lowest BCUT2D eigenvalue weighted by molar-refractivity contribution is -0.225. The van der Waals surface area contributed by atoms with Crippen molar-refractivity contribution in [2.75, 3.05) is 13.2 Å². The minimum atomic E-state index is -0.335. The number of fused-ring (bicyclic) bond motifs is 5. The number of carbonyl (C=O) groups excluding carboxylic acids is 1. The number of aliphatic hydroxyl groups is 2. The summed E-state index contributed by atoms with van der Waals surface area (Å²) in [5.41, 5.74) is 3.90. The number of cyclic esters (lactones) is 1. The van der Waals surface area contributed by atoms with E-state index in [1.54, 1.807) is 5.57 Å². The monoisotopic (exact) mass is 586 g/mol. The lowest BCUT2D eigenvalue weighted by Gasteiger charge is -2.68. The molecule has 1 aromatic carbocycles. The van der Waals surface area contributed by atoms with Gasteiger partial charge in [-0.15, -0.1) is 0 Å². The zero-order chi connectivity index (χ0) is 30.0. The summed E-state index contributed by atoms with van der Waals surface area (Å²) in [6, 6.07) is 10.7. The number of hydrogen-bond donors (Lipinski definition) is 2. The van der Waals surface area contributed by atoms with E-state index in [4.69, 9.17) is 9.47 Å². The van der Waals surface area contributed by atoms with Gasteiger partial charge in [0.2, 0.25) is 0 Å². The van der Waals surface area contributed by atoms with Gasteiger partial charge in [-0.25, -0.2) is 0 Å². The molecule has 0 unspecified atom stereocenters. The van der Waals surface area contributed by atoms with Gasteiger partial charge in [-0.2, -0.15) is 0 Å². The molecule has 0 aromatic heterocycles. The Kier molecular flexibility index (Phi) is 6.17. The van der Waals surface area contributed by atoms with Crippen LogP contribution in [0.25, 0.3) is 0 Å². The van der Waals surface area contributed by atoms with Crippen molar-refractivity contribution < 1.29 is 24.5 Å². The Morgan fingerprint density at radius 1 is 1.07 bits per heavy atom. The van der Waals surface area contributed by atoms with Crippen molar-refractivity contribution in [1.29, 1.82) is 0 Å². The molecule has 6 fully saturated rings. The third-order valence-electron chi connectivity index (χ3n) is 15.1. The number of rotatable bonds is 4. The topological polar surface area (TPSA) is 76.0 Å². The van der Waals surface area contributed by atoms with Crippen LogP contribution in [0.2, 0.25) is 0 Å². The zero-order valence-corrected chi connectivity index (χ0v) is 26.5. The molecule has 2 N–H and O–H groups in total. The van der Waals surface area contributed by atoms with E-state index in [1.807, 2.05) is 13.0 Å². The van der Waals surface area contributed by atoms with Crippen molar-refractivity contribution in [2.24, 2.45) is 50.7 Å². The van der Waals surface area contributed by atoms with Crippen LogP contribution in [0.1, 0.15) is 97.1 Å². The summed E-state index contributed by atoms with van der Waals surface area (Å²) in [7, 11) is 0. The van der Waals surface area contributed by atoms with E-state index in [0.29, 0.717) is 17.8 Å². The molecular formula is C38H50O5. The number of ether oxygens (including phenoxy) is 2. The lowest BCUT2D eigenvalue weighted by atomic mass is 9.37. The summed E-state index contributed by atoms with van der Waals surface area (Å²) in [4.78, 5) is 13.2. The van der Waals surface area contributed by atoms with Gasteiger partial charge in [0.25, 0.3) is 0 Å². The number of benzene rings is 1. The van der Waals surface area contributed by atoms with Crippen molar-refractivity contribution in [2.45, 2.75) is 104 Å². The van der Waals surface area contributed by atoms with E-state index in [0.717, 1.165) is 63.5 Å². The minimum absolute atomic E-state index is 0.00203. The molecule has 2 heterocycles. The second-order valence-electron chi connectivity index (χ2n) is 16.5. The molecule has 0 spiro atoms. The maximum absolute atomic E-state index is 13.2. The highest BCUT2D eigenvalue weighted by Crippen LogP contribution is 2.91. The fourth-order valence-electron chi connectivity index (χ4n) is 13.1. The molecule has 1 aromatic rings. The van der Waals surface area contributed by atoms with Crippen LogP contribution >= 0.6 is 0 Å². The summed E-state index contributed by atoms with van der Waals surface area (Å²) in [5, 5.41) is 21.9. The SMILES string of the molecule is C/C(=C\[C@H]1C[C@@H]([C@@H]2CC[C@]34C[C@]23CC[C@@H]2[C@@]3(C)CC=C5C[C@@H](c6ccccc6)OC[C@]5(C)[C@@H]3C[C@@H](O)[C@]24C)C(=O)O1)CO. The van der Waals surface area contributed by atoms with Crippen LogP contribution in [-0.4, -0.2) is 41.6 Å². The van der Waals surface area contributed by atoms with Crippen molar-refractivity contribution in [3.05, 3.63) is 59.2 Å². The third kappa shape index (κ3) is 3.54. The van der Waals surface area contributed by atoms with Gasteiger partial charge < -0.3 is 19.7 Å². The van der Waals surface area contributed by atoms with Crippen molar-refractivity contribution in [3.63, 3.8) is 0 Å². The average Bonchev–Trinajstić information content (AvgIpc) is 3.39. The molecule has 0 bridgehead atoms. The number of carbonyl (C=O) groups is 1. The molecule has 2 aliphatic heterocycles. The fraction of sp³-hybridized carbons (Fsp3) is 0.711. The Balaban J connectivity index is 1.08. The van der Waals surface area contributed by atoms with E-state index < -0.39 is 0 Å². The molecule has 2 saturated heterocycles. The van der Waals surface area contributed by atoms with Crippen LogP contribution < -0.4 is 0 Å². The smallest absolute Gasteiger partial charge is 0.309 e. The van der Waals surface area contributed by atoms with Crippen molar-refractivity contribution in [3.8, 4) is 0 Å². The molecule has 0 amide bonds. The molecule has 4 saturated carbocycles. The largest absolute Gasteiger partial charge is 0.458 e. The first kappa shape index (κ1) is 28.5. The van der Waals surface area contributed by atoms with Crippen molar-refractivity contribution >= 4 is 5.97 Å². The molecule has 232 valence electrons. The van der Waals surface area contributed by atoms with Crippen molar-refractivity contribution in [1.82, 2.24) is 0 Å². The van der Waals surface area contributed by atoms with E-state index in [1.165, 1.54) is 12.0 Å². The van der Waals surface area contributed by atoms with Gasteiger partial charge in [-0.3, -0.25) is 4.79 Å². The standard InChI is InChI=1S/C38H50O5/c1-23(20-39)16-26-18-27(33(41)43-26)28-11-15-38-21-37(28,38)14-12-30-34(2)13-10-25-17-29(24-8-6-5-7-9-24)42-22-35(25,3)31(34)19-32(40)36(30,38)4/h5-10,16,26-32,39-40H,11-15,17-22H2,1-4H3/b23-16+/t26-,27-,28-,29-,30+,31+,32+,34+,35-,36-,37+,38+/m0/s1. The second-order valence-corrected chi connectivity index (χ2v) is 16.5. The Hall–Kier alpha value is -1.95. The molecular weight excluding hydrogens is 536 g/mol. The molecule has 5 heteroatoms. The Morgan fingerprint density at radius 3 is 2.63 bits per heavy atom. The van der Waals surface area contributed by atoms with E-state index in [2.05, 4.69) is 57.2 Å². The predicted octanol–water partition coefficient (Wildman–Crippen LogP) is 6.94. The van der Waals surface area contributed by atoms with Crippen LogP contribution in [-0.2, 0) is 14.3 Å². The third-order valence-corrected chi connectivity index (χ3v) is 15.1. The summed E-state index contributed by atoms with van der Waals surface area (Å²) in [6.07, 6.45) is 13.4. The Bertz CT molecular complexity index is 1380. The highest BCUT2D eigenvalue weighted by Gasteiger charge is 2.85. The Morgan fingerprint density at radius 2 is 1.86 bits per heavy atom. The fourth-order valence-corrected chi connectivity index (χ4v) is 13.1. The van der Waals surface area contributed by atoms with Crippen LogP contribution in [0, 0.1) is 50.7 Å². The lowest BCUT2D eigenvalue weighted by Crippen LogP contribution is -2.65. The zero-order valence-electron chi connectivity index (χ0n) is 26.5. The summed E-state index contributed by atoms with van der Waals surface area (Å²) in [5.74, 6) is 1.11.